The average Bonchev–Trinajstić information content (AvgIpc) is 3.06. The molecule has 1 aromatic heterocycles. The maximum absolute atomic E-state index is 12.7. The van der Waals surface area contributed by atoms with Gasteiger partial charge in [-0.25, -0.2) is 0 Å². The standard InChI is InChI=1S/C20H29N5O.2ClH/c1-20(2,25-10-9-15-7-5-6-8-16(15)13-25)14-22-19(26)18(21-3)17-11-23-24(4)12-17;;/h5-8,11-12,18,21H,9-10,13-14H2,1-4H3,(H,22,26);2*1H. The second-order valence-corrected chi connectivity index (χ2v) is 7.64. The van der Waals surface area contributed by atoms with Crippen LogP contribution in [0.3, 0.4) is 0 Å². The summed E-state index contributed by atoms with van der Waals surface area (Å²) in [5.74, 6) is -0.0222. The lowest BCUT2D eigenvalue weighted by molar-refractivity contribution is -0.123. The molecule has 1 atom stereocenters. The minimum atomic E-state index is -0.387. The number of hydrogen-bond acceptors (Lipinski definition) is 4. The molecule has 0 saturated carbocycles. The molecule has 1 aliphatic rings. The van der Waals surface area contributed by atoms with E-state index in [1.54, 1.807) is 17.9 Å². The summed E-state index contributed by atoms with van der Waals surface area (Å²) >= 11 is 0. The van der Waals surface area contributed by atoms with Gasteiger partial charge in [-0.2, -0.15) is 5.10 Å². The predicted octanol–water partition coefficient (Wildman–Crippen LogP) is 2.48. The molecule has 28 heavy (non-hydrogen) atoms. The number of nitrogens with one attached hydrogen (secondary N) is 2. The first-order valence-electron chi connectivity index (χ1n) is 9.16. The summed E-state index contributed by atoms with van der Waals surface area (Å²) in [6, 6.07) is 8.24. The maximum atomic E-state index is 12.7. The Morgan fingerprint density at radius 2 is 1.93 bits per heavy atom. The van der Waals surface area contributed by atoms with Crippen molar-refractivity contribution in [3.63, 3.8) is 0 Å². The fourth-order valence-electron chi connectivity index (χ4n) is 3.57. The molecule has 8 heteroatoms. The summed E-state index contributed by atoms with van der Waals surface area (Å²) in [5.41, 5.74) is 3.59. The second-order valence-electron chi connectivity index (χ2n) is 7.64. The number of aryl methyl sites for hydroxylation is 1. The summed E-state index contributed by atoms with van der Waals surface area (Å²) in [6.07, 6.45) is 4.66. The van der Waals surface area contributed by atoms with Crippen molar-refractivity contribution in [2.45, 2.75) is 38.4 Å². The number of halogens is 2. The molecule has 1 aliphatic heterocycles. The second kappa shape index (κ2) is 10.3. The number of aromatic nitrogens is 2. The van der Waals surface area contributed by atoms with Crippen LogP contribution in [0, 0.1) is 0 Å². The normalized spacial score (nSPS) is 15.0. The first kappa shape index (κ1) is 24.4. The Morgan fingerprint density at radius 1 is 1.25 bits per heavy atom. The molecule has 2 N–H and O–H groups in total. The van der Waals surface area contributed by atoms with Gasteiger partial charge in [-0.3, -0.25) is 14.4 Å². The molecule has 0 aliphatic carbocycles. The third-order valence-electron chi connectivity index (χ3n) is 5.29. The van der Waals surface area contributed by atoms with Crippen LogP contribution < -0.4 is 10.6 Å². The Hall–Kier alpha value is -1.60. The first-order valence-corrected chi connectivity index (χ1v) is 9.16. The molecule has 1 unspecified atom stereocenters. The van der Waals surface area contributed by atoms with Crippen molar-refractivity contribution in [2.24, 2.45) is 7.05 Å². The van der Waals surface area contributed by atoms with Gasteiger partial charge in [0, 0.05) is 44.0 Å². The molecule has 156 valence electrons. The summed E-state index contributed by atoms with van der Waals surface area (Å²) in [5, 5.41) is 10.4. The summed E-state index contributed by atoms with van der Waals surface area (Å²) < 4.78 is 1.71. The predicted molar refractivity (Wildman–Crippen MR) is 117 cm³/mol. The van der Waals surface area contributed by atoms with Crippen LogP contribution in [0.25, 0.3) is 0 Å². The minimum Gasteiger partial charge on any atom is -0.353 e. The fraction of sp³-hybridized carbons (Fsp3) is 0.500. The molecule has 2 heterocycles. The van der Waals surface area contributed by atoms with Gasteiger partial charge >= 0.3 is 0 Å². The lowest BCUT2D eigenvalue weighted by Crippen LogP contribution is -2.54. The Balaban J connectivity index is 0.00000196. The van der Waals surface area contributed by atoms with E-state index in [0.717, 1.165) is 25.1 Å². The van der Waals surface area contributed by atoms with Gasteiger partial charge in [0.25, 0.3) is 0 Å². The maximum Gasteiger partial charge on any atom is 0.241 e. The number of hydrogen-bond donors (Lipinski definition) is 2. The molecular formula is C20H31Cl2N5O. The molecule has 0 spiro atoms. The number of carbonyl (C=O) groups is 1. The van der Waals surface area contributed by atoms with Gasteiger partial charge in [-0.05, 0) is 38.4 Å². The number of benzene rings is 1. The molecule has 6 nitrogen and oxygen atoms in total. The van der Waals surface area contributed by atoms with Crippen LogP contribution in [0.1, 0.15) is 36.6 Å². The van der Waals surface area contributed by atoms with Gasteiger partial charge in [0.1, 0.15) is 6.04 Å². The smallest absolute Gasteiger partial charge is 0.241 e. The van der Waals surface area contributed by atoms with E-state index in [0.29, 0.717) is 6.54 Å². The highest BCUT2D eigenvalue weighted by Crippen LogP contribution is 2.25. The van der Waals surface area contributed by atoms with Crippen LogP contribution in [0.15, 0.2) is 36.7 Å². The quantitative estimate of drug-likeness (QED) is 0.742. The molecule has 1 amide bonds. The molecular weight excluding hydrogens is 397 g/mol. The highest BCUT2D eigenvalue weighted by Gasteiger charge is 2.31. The van der Waals surface area contributed by atoms with Crippen LogP contribution in [-0.4, -0.2) is 46.3 Å². The van der Waals surface area contributed by atoms with Crippen molar-refractivity contribution >= 4 is 30.7 Å². The number of fused-ring (bicyclic) bond motifs is 1. The van der Waals surface area contributed by atoms with Crippen LogP contribution in [0.5, 0.6) is 0 Å². The lowest BCUT2D eigenvalue weighted by Gasteiger charge is -2.41. The number of rotatable bonds is 6. The van der Waals surface area contributed by atoms with Crippen molar-refractivity contribution in [3.05, 3.63) is 53.3 Å². The van der Waals surface area contributed by atoms with E-state index in [9.17, 15) is 4.79 Å². The minimum absolute atomic E-state index is 0. The van der Waals surface area contributed by atoms with Crippen molar-refractivity contribution in [2.75, 3.05) is 20.1 Å². The van der Waals surface area contributed by atoms with Crippen LogP contribution in [-0.2, 0) is 24.8 Å². The van der Waals surface area contributed by atoms with Crippen LogP contribution in [0.2, 0.25) is 0 Å². The monoisotopic (exact) mass is 427 g/mol. The number of likely N-dealkylation sites (N-methyl/N-ethyl adjacent to an activating group) is 1. The number of carbonyl (C=O) groups excluding carboxylic acids is 1. The third kappa shape index (κ3) is 5.47. The van der Waals surface area contributed by atoms with Crippen LogP contribution in [0.4, 0.5) is 0 Å². The van der Waals surface area contributed by atoms with E-state index < -0.39 is 0 Å². The van der Waals surface area contributed by atoms with E-state index in [1.165, 1.54) is 11.1 Å². The van der Waals surface area contributed by atoms with Gasteiger partial charge in [0.2, 0.25) is 5.91 Å². The number of amides is 1. The molecule has 2 aromatic rings. The fourth-order valence-corrected chi connectivity index (χ4v) is 3.57. The molecule has 0 bridgehead atoms. The van der Waals surface area contributed by atoms with Crippen molar-refractivity contribution in [1.82, 2.24) is 25.3 Å². The Kier molecular flexibility index (Phi) is 8.95. The molecule has 3 rings (SSSR count). The zero-order chi connectivity index (χ0) is 18.7. The van der Waals surface area contributed by atoms with Gasteiger partial charge in [-0.1, -0.05) is 24.3 Å². The van der Waals surface area contributed by atoms with Crippen molar-refractivity contribution in [3.8, 4) is 0 Å². The van der Waals surface area contributed by atoms with Crippen molar-refractivity contribution < 1.29 is 4.79 Å². The van der Waals surface area contributed by atoms with E-state index in [4.69, 9.17) is 0 Å². The largest absolute Gasteiger partial charge is 0.353 e. The van der Waals surface area contributed by atoms with E-state index in [1.807, 2.05) is 13.2 Å². The van der Waals surface area contributed by atoms with E-state index >= 15 is 0 Å². The first-order chi connectivity index (χ1) is 12.4. The Bertz CT molecular complexity index is 777. The van der Waals surface area contributed by atoms with E-state index in [-0.39, 0.29) is 42.3 Å². The zero-order valence-electron chi connectivity index (χ0n) is 16.9. The summed E-state index contributed by atoms with van der Waals surface area (Å²) in [6.45, 7) is 6.93. The Morgan fingerprint density at radius 3 is 2.54 bits per heavy atom. The van der Waals surface area contributed by atoms with Crippen molar-refractivity contribution in [1.29, 1.82) is 0 Å². The third-order valence-corrected chi connectivity index (χ3v) is 5.29. The number of nitrogens with zero attached hydrogens (tertiary/aromatic N) is 3. The molecule has 0 fully saturated rings. The van der Waals surface area contributed by atoms with E-state index in [2.05, 4.69) is 58.7 Å². The Labute approximate surface area is 179 Å². The SMILES string of the molecule is CNC(C(=O)NCC(C)(C)N1CCc2ccccc2C1)c1cnn(C)c1.Cl.Cl. The highest BCUT2D eigenvalue weighted by atomic mass is 35.5. The van der Waals surface area contributed by atoms with Crippen LogP contribution >= 0.6 is 24.8 Å². The zero-order valence-corrected chi connectivity index (χ0v) is 18.6. The van der Waals surface area contributed by atoms with Gasteiger partial charge in [0.15, 0.2) is 0 Å². The molecule has 0 saturated heterocycles. The lowest BCUT2D eigenvalue weighted by atomic mass is 9.94. The summed E-state index contributed by atoms with van der Waals surface area (Å²) in [4.78, 5) is 15.1. The summed E-state index contributed by atoms with van der Waals surface area (Å²) in [7, 11) is 3.65. The highest BCUT2D eigenvalue weighted by molar-refractivity contribution is 5.85. The van der Waals surface area contributed by atoms with Gasteiger partial charge in [-0.15, -0.1) is 24.8 Å². The van der Waals surface area contributed by atoms with Gasteiger partial charge < -0.3 is 10.6 Å². The van der Waals surface area contributed by atoms with Gasteiger partial charge in [0.05, 0.1) is 6.20 Å². The topological polar surface area (TPSA) is 62.2 Å². The molecule has 0 radical (unpaired) electrons. The molecule has 1 aromatic carbocycles. The average molecular weight is 428 g/mol.